The molecule has 1 aliphatic rings. The lowest BCUT2D eigenvalue weighted by atomic mass is 9.77. The molecule has 2 heteroatoms. The molecule has 1 atom stereocenters. The summed E-state index contributed by atoms with van der Waals surface area (Å²) in [6.45, 7) is 8.86. The van der Waals surface area contributed by atoms with Crippen LogP contribution in [-0.2, 0) is 5.41 Å². The normalized spacial score (nSPS) is 20.1. The van der Waals surface area contributed by atoms with Crippen LogP contribution in [0.1, 0.15) is 42.5 Å². The average molecular weight is 339 g/mol. The number of rotatable bonds is 3. The maximum absolute atomic E-state index is 6.27. The molecular formula is C22H25ClN+. The summed E-state index contributed by atoms with van der Waals surface area (Å²) < 4.78 is 2.30. The highest BCUT2D eigenvalue weighted by molar-refractivity contribution is 6.30. The molecule has 2 aromatic rings. The van der Waals surface area contributed by atoms with E-state index >= 15 is 0 Å². The maximum atomic E-state index is 6.27. The second-order valence-corrected chi connectivity index (χ2v) is 7.42. The molecule has 0 amide bonds. The van der Waals surface area contributed by atoms with E-state index in [0.717, 1.165) is 11.4 Å². The quantitative estimate of drug-likeness (QED) is 0.598. The van der Waals surface area contributed by atoms with Crippen molar-refractivity contribution in [2.45, 2.75) is 39.5 Å². The van der Waals surface area contributed by atoms with Gasteiger partial charge in [0, 0.05) is 22.7 Å². The zero-order chi connectivity index (χ0) is 17.5. The second kappa shape index (κ2) is 6.22. The first kappa shape index (κ1) is 17.0. The van der Waals surface area contributed by atoms with Gasteiger partial charge >= 0.3 is 0 Å². The Hall–Kier alpha value is -1.86. The van der Waals surface area contributed by atoms with Crippen LogP contribution in [0.5, 0.6) is 0 Å². The van der Waals surface area contributed by atoms with Crippen molar-refractivity contribution in [3.05, 3.63) is 69.8 Å². The van der Waals surface area contributed by atoms with E-state index in [4.69, 9.17) is 11.6 Å². The topological polar surface area (TPSA) is 3.01 Å². The van der Waals surface area contributed by atoms with E-state index in [-0.39, 0.29) is 5.41 Å². The number of allylic oxidation sites excluding steroid dienone is 1. The molecule has 1 nitrogen and oxygen atoms in total. The van der Waals surface area contributed by atoms with Crippen LogP contribution in [0.4, 0.5) is 5.69 Å². The van der Waals surface area contributed by atoms with Crippen molar-refractivity contribution in [3.8, 4) is 0 Å². The summed E-state index contributed by atoms with van der Waals surface area (Å²) >= 11 is 6.27. The highest BCUT2D eigenvalue weighted by Gasteiger charge is 2.45. The number of nitrogens with zero attached hydrogens (tertiary/aromatic N) is 1. The zero-order valence-corrected chi connectivity index (χ0v) is 15.9. The number of halogens is 1. The highest BCUT2D eigenvalue weighted by Crippen LogP contribution is 2.43. The first-order chi connectivity index (χ1) is 11.4. The van der Waals surface area contributed by atoms with Gasteiger partial charge < -0.3 is 0 Å². The third kappa shape index (κ3) is 2.71. The van der Waals surface area contributed by atoms with Crippen molar-refractivity contribution in [2.24, 2.45) is 0 Å². The molecule has 0 saturated carbocycles. The number of hydrogen-bond donors (Lipinski definition) is 0. The molecule has 0 bridgehead atoms. The molecule has 1 unspecified atom stereocenters. The molecule has 1 heterocycles. The summed E-state index contributed by atoms with van der Waals surface area (Å²) in [4.78, 5) is 0. The van der Waals surface area contributed by atoms with Crippen LogP contribution in [0.2, 0.25) is 5.02 Å². The van der Waals surface area contributed by atoms with Gasteiger partial charge in [0.05, 0.1) is 5.41 Å². The van der Waals surface area contributed by atoms with Gasteiger partial charge in [-0.05, 0) is 56.5 Å². The SMILES string of the molecule is CCC1(C)C(/C=C/c2ccc(C)cc2C)=[N+](C)c2ccc(Cl)cc21. The third-order valence-electron chi connectivity index (χ3n) is 5.39. The molecule has 0 spiro atoms. The van der Waals surface area contributed by atoms with E-state index in [9.17, 15) is 0 Å². The third-order valence-corrected chi connectivity index (χ3v) is 5.63. The number of fused-ring (bicyclic) bond motifs is 1. The van der Waals surface area contributed by atoms with E-state index in [1.54, 1.807) is 0 Å². The van der Waals surface area contributed by atoms with Gasteiger partial charge in [0.1, 0.15) is 7.05 Å². The van der Waals surface area contributed by atoms with Crippen LogP contribution in [0.3, 0.4) is 0 Å². The predicted molar refractivity (Wildman–Crippen MR) is 105 cm³/mol. The van der Waals surface area contributed by atoms with Crippen molar-refractivity contribution in [1.29, 1.82) is 0 Å². The molecule has 1 aliphatic heterocycles. The highest BCUT2D eigenvalue weighted by atomic mass is 35.5. The minimum absolute atomic E-state index is 0.00984. The molecule has 0 radical (unpaired) electrons. The smallest absolute Gasteiger partial charge is 0.198 e. The van der Waals surface area contributed by atoms with Crippen LogP contribution < -0.4 is 0 Å². The summed E-state index contributed by atoms with van der Waals surface area (Å²) in [5, 5.41) is 0.807. The molecule has 0 N–H and O–H groups in total. The van der Waals surface area contributed by atoms with Crippen molar-refractivity contribution in [1.82, 2.24) is 0 Å². The van der Waals surface area contributed by atoms with Gasteiger partial charge in [-0.1, -0.05) is 42.3 Å². The Morgan fingerprint density at radius 3 is 2.50 bits per heavy atom. The number of benzene rings is 2. The summed E-state index contributed by atoms with van der Waals surface area (Å²) in [5.74, 6) is 0. The standard InChI is InChI=1S/C22H25ClN/c1-6-22(4)19-14-18(23)10-11-20(19)24(5)21(22)12-9-17-8-7-15(2)13-16(17)3/h7-14H,6H2,1-5H3/q+1/b12-9+. The molecule has 0 saturated heterocycles. The monoisotopic (exact) mass is 338 g/mol. The van der Waals surface area contributed by atoms with E-state index in [2.05, 4.69) is 81.8 Å². The lowest BCUT2D eigenvalue weighted by Crippen LogP contribution is -2.29. The minimum Gasteiger partial charge on any atom is -0.198 e. The Morgan fingerprint density at radius 1 is 1.08 bits per heavy atom. The lowest BCUT2D eigenvalue weighted by Gasteiger charge is -2.20. The predicted octanol–water partition coefficient (Wildman–Crippen LogP) is 6.07. The fourth-order valence-corrected chi connectivity index (χ4v) is 3.90. The van der Waals surface area contributed by atoms with Crippen LogP contribution in [-0.4, -0.2) is 17.3 Å². The van der Waals surface area contributed by atoms with Gasteiger partial charge in [0.2, 0.25) is 5.69 Å². The Bertz CT molecular complexity index is 860. The first-order valence-corrected chi connectivity index (χ1v) is 8.91. The van der Waals surface area contributed by atoms with E-state index in [1.165, 1.54) is 33.7 Å². The van der Waals surface area contributed by atoms with Crippen LogP contribution >= 0.6 is 11.6 Å². The molecule has 2 aromatic carbocycles. The summed E-state index contributed by atoms with van der Waals surface area (Å²) in [6.07, 6.45) is 5.55. The van der Waals surface area contributed by atoms with Gasteiger partial charge in [-0.2, -0.15) is 4.58 Å². The Kier molecular flexibility index (Phi) is 4.40. The van der Waals surface area contributed by atoms with Gasteiger partial charge in [-0.15, -0.1) is 0 Å². The van der Waals surface area contributed by atoms with E-state index in [0.29, 0.717) is 0 Å². The molecule has 24 heavy (non-hydrogen) atoms. The Balaban J connectivity index is 2.07. The van der Waals surface area contributed by atoms with Crippen LogP contribution in [0.25, 0.3) is 6.08 Å². The first-order valence-electron chi connectivity index (χ1n) is 8.53. The van der Waals surface area contributed by atoms with E-state index < -0.39 is 0 Å². The van der Waals surface area contributed by atoms with Crippen molar-refractivity contribution in [2.75, 3.05) is 7.05 Å². The van der Waals surface area contributed by atoms with Crippen molar-refractivity contribution < 1.29 is 4.58 Å². The number of aryl methyl sites for hydroxylation is 2. The molecule has 3 rings (SSSR count). The van der Waals surface area contributed by atoms with Gasteiger partial charge in [0.25, 0.3) is 0 Å². The minimum atomic E-state index is -0.00984. The summed E-state index contributed by atoms with van der Waals surface area (Å²) in [5.41, 5.74) is 7.77. The average Bonchev–Trinajstić information content (AvgIpc) is 2.75. The lowest BCUT2D eigenvalue weighted by molar-refractivity contribution is -0.401. The zero-order valence-electron chi connectivity index (χ0n) is 15.2. The molecule has 124 valence electrons. The molecule has 0 aliphatic carbocycles. The largest absolute Gasteiger partial charge is 0.209 e. The van der Waals surface area contributed by atoms with Gasteiger partial charge in [0.15, 0.2) is 5.71 Å². The summed E-state index contributed by atoms with van der Waals surface area (Å²) in [6, 6.07) is 12.8. The van der Waals surface area contributed by atoms with Crippen molar-refractivity contribution in [3.63, 3.8) is 0 Å². The summed E-state index contributed by atoms with van der Waals surface area (Å²) in [7, 11) is 2.15. The Morgan fingerprint density at radius 2 is 1.83 bits per heavy atom. The molecular weight excluding hydrogens is 314 g/mol. The van der Waals surface area contributed by atoms with E-state index in [1.807, 2.05) is 6.07 Å². The molecule has 0 aromatic heterocycles. The number of hydrogen-bond acceptors (Lipinski definition) is 0. The van der Waals surface area contributed by atoms with Crippen LogP contribution in [0.15, 0.2) is 42.5 Å². The fraction of sp³-hybridized carbons (Fsp3) is 0.318. The Labute approximate surface area is 150 Å². The van der Waals surface area contributed by atoms with Crippen LogP contribution in [0, 0.1) is 13.8 Å². The van der Waals surface area contributed by atoms with Crippen molar-refractivity contribution >= 4 is 29.1 Å². The second-order valence-electron chi connectivity index (χ2n) is 6.98. The van der Waals surface area contributed by atoms with Gasteiger partial charge in [-0.3, -0.25) is 0 Å². The van der Waals surface area contributed by atoms with Gasteiger partial charge in [-0.25, -0.2) is 0 Å². The maximum Gasteiger partial charge on any atom is 0.209 e. The fourth-order valence-electron chi connectivity index (χ4n) is 3.73. The molecule has 0 fully saturated rings.